The number of aliphatic hydroxyl groups excluding tert-OH is 2. The number of anilines is 1. The van der Waals surface area contributed by atoms with Crippen LogP contribution in [0.4, 0.5) is 14.6 Å². The zero-order chi connectivity index (χ0) is 30.1. The molecule has 0 bridgehead atoms. The van der Waals surface area contributed by atoms with E-state index < -0.39 is 36.1 Å². The van der Waals surface area contributed by atoms with E-state index in [2.05, 4.69) is 25.0 Å². The monoisotopic (exact) mass is 598 g/mol. The van der Waals surface area contributed by atoms with Gasteiger partial charge in [-0.05, 0) is 37.3 Å². The van der Waals surface area contributed by atoms with Crippen LogP contribution in [0.3, 0.4) is 0 Å². The van der Waals surface area contributed by atoms with E-state index in [1.165, 1.54) is 19.2 Å². The van der Waals surface area contributed by atoms with Crippen LogP contribution in [0, 0.1) is 0 Å². The van der Waals surface area contributed by atoms with Crippen molar-refractivity contribution < 1.29 is 47.5 Å². The van der Waals surface area contributed by atoms with Gasteiger partial charge in [-0.2, -0.15) is 0 Å². The SMILES string of the molecule is COc1ccc2c(c1)O[C@@H](c1ccc(N3C[C@@H](O)[C@H](O)C3)nn1)C[C@H]2NC(=O)[C@@]1(C)COc2cc3c(cc21)OC(F)(F)O3. The second kappa shape index (κ2) is 9.81. The summed E-state index contributed by atoms with van der Waals surface area (Å²) < 4.78 is 53.9. The number of carbonyl (C=O) groups excluding carboxylic acids is 1. The van der Waals surface area contributed by atoms with Gasteiger partial charge >= 0.3 is 6.29 Å². The molecule has 3 aromatic rings. The Bertz CT molecular complexity index is 1580. The average Bonchev–Trinajstić information content (AvgIpc) is 3.61. The maximum absolute atomic E-state index is 13.9. The van der Waals surface area contributed by atoms with Crippen molar-refractivity contribution in [2.45, 2.75) is 49.4 Å². The minimum atomic E-state index is -3.80. The molecule has 0 spiro atoms. The maximum Gasteiger partial charge on any atom is 0.586 e. The molecule has 1 amide bonds. The number of β-amino-alcohol motifs (C(OH)–C–C–N with tert-alkyl or cyclic N) is 2. The molecule has 0 radical (unpaired) electrons. The van der Waals surface area contributed by atoms with Crippen molar-refractivity contribution in [2.75, 3.05) is 31.7 Å². The van der Waals surface area contributed by atoms with E-state index in [4.69, 9.17) is 14.2 Å². The first-order valence-corrected chi connectivity index (χ1v) is 13.7. The molecular weight excluding hydrogens is 570 g/mol. The summed E-state index contributed by atoms with van der Waals surface area (Å²) in [5, 5.41) is 31.5. The maximum atomic E-state index is 13.9. The number of hydrogen-bond acceptors (Lipinski definition) is 11. The van der Waals surface area contributed by atoms with Gasteiger partial charge in [0.25, 0.3) is 0 Å². The number of aliphatic hydroxyl groups is 2. The number of alkyl halides is 2. The fourth-order valence-corrected chi connectivity index (χ4v) is 5.86. The molecular formula is C29H28F2N4O8. The van der Waals surface area contributed by atoms with Gasteiger partial charge in [-0.1, -0.05) is 0 Å². The summed E-state index contributed by atoms with van der Waals surface area (Å²) in [6, 6.07) is 11.0. The molecule has 43 heavy (non-hydrogen) atoms. The number of nitrogens with zero attached hydrogens (tertiary/aromatic N) is 3. The number of rotatable bonds is 5. The Hall–Kier alpha value is -4.43. The first-order chi connectivity index (χ1) is 20.5. The van der Waals surface area contributed by atoms with Crippen molar-refractivity contribution in [3.63, 3.8) is 0 Å². The lowest BCUT2D eigenvalue weighted by molar-refractivity contribution is -0.286. The van der Waals surface area contributed by atoms with Gasteiger partial charge in [-0.15, -0.1) is 19.0 Å². The van der Waals surface area contributed by atoms with Crippen molar-refractivity contribution in [2.24, 2.45) is 0 Å². The van der Waals surface area contributed by atoms with Crippen LogP contribution in [0.15, 0.2) is 42.5 Å². The number of aromatic nitrogens is 2. The standard InChI is InChI=1S/C29H28F2N4O8/c1-28(13-40-22-10-25-24(8-16(22)28)42-29(30,31)43-25)27(38)32-18-9-23(41-21-7-14(39-2)3-4-15(18)21)17-5-6-26(34-33-17)35-11-19(36)20(37)12-35/h3-8,10,18-20,23,36-37H,9,11-13H2,1-2H3,(H,32,38)/t18-,19-,20-,23-,28+/m1/s1. The van der Waals surface area contributed by atoms with Gasteiger partial charge in [0.2, 0.25) is 5.91 Å². The molecule has 0 saturated carbocycles. The molecule has 1 fully saturated rings. The molecule has 14 heteroatoms. The Morgan fingerprint density at radius 2 is 1.77 bits per heavy atom. The third kappa shape index (κ3) is 4.70. The molecule has 2 aromatic carbocycles. The van der Waals surface area contributed by atoms with Crippen molar-refractivity contribution in [1.82, 2.24) is 15.5 Å². The fourth-order valence-electron chi connectivity index (χ4n) is 5.86. The number of benzene rings is 2. The largest absolute Gasteiger partial charge is 0.586 e. The van der Waals surface area contributed by atoms with Gasteiger partial charge in [-0.3, -0.25) is 4.79 Å². The summed E-state index contributed by atoms with van der Waals surface area (Å²) in [5.41, 5.74) is 0.440. The third-order valence-corrected chi connectivity index (χ3v) is 8.32. The first kappa shape index (κ1) is 27.4. The van der Waals surface area contributed by atoms with Gasteiger partial charge in [-0.25, -0.2) is 0 Å². The smallest absolute Gasteiger partial charge is 0.497 e. The van der Waals surface area contributed by atoms with Crippen molar-refractivity contribution in [1.29, 1.82) is 0 Å². The Balaban J connectivity index is 1.15. The van der Waals surface area contributed by atoms with Crippen molar-refractivity contribution in [3.05, 3.63) is 59.3 Å². The minimum Gasteiger partial charge on any atom is -0.497 e. The second-order valence-electron chi connectivity index (χ2n) is 11.2. The summed E-state index contributed by atoms with van der Waals surface area (Å²) in [5.74, 6) is 1.13. The highest BCUT2D eigenvalue weighted by atomic mass is 19.3. The topological polar surface area (TPSA) is 145 Å². The number of amides is 1. The number of nitrogens with one attached hydrogen (secondary N) is 1. The predicted octanol–water partition coefficient (Wildman–Crippen LogP) is 2.38. The van der Waals surface area contributed by atoms with E-state index in [1.807, 2.05) is 6.07 Å². The van der Waals surface area contributed by atoms with Crippen LogP contribution in [0.25, 0.3) is 0 Å². The number of fused-ring (bicyclic) bond motifs is 3. The Morgan fingerprint density at radius 1 is 1.02 bits per heavy atom. The summed E-state index contributed by atoms with van der Waals surface area (Å²) in [7, 11) is 1.54. The number of halogens is 2. The summed E-state index contributed by atoms with van der Waals surface area (Å²) in [6.45, 7) is 2.15. The Kier molecular flexibility index (Phi) is 6.25. The Labute approximate surface area is 244 Å². The normalized spacial score (nSPS) is 28.0. The van der Waals surface area contributed by atoms with E-state index in [-0.39, 0.29) is 42.9 Å². The fraction of sp³-hybridized carbons (Fsp3) is 0.414. The third-order valence-electron chi connectivity index (χ3n) is 8.32. The van der Waals surface area contributed by atoms with Crippen LogP contribution < -0.4 is 33.9 Å². The molecule has 5 atom stereocenters. The predicted molar refractivity (Wildman–Crippen MR) is 144 cm³/mol. The highest BCUT2D eigenvalue weighted by molar-refractivity contribution is 5.90. The van der Waals surface area contributed by atoms with Crippen LogP contribution in [0.2, 0.25) is 0 Å². The lowest BCUT2D eigenvalue weighted by Crippen LogP contribution is -2.46. The van der Waals surface area contributed by atoms with Crippen molar-refractivity contribution in [3.8, 4) is 28.7 Å². The molecule has 3 N–H and O–H groups in total. The van der Waals surface area contributed by atoms with Gasteiger partial charge < -0.3 is 44.1 Å². The molecule has 1 saturated heterocycles. The van der Waals surface area contributed by atoms with Gasteiger partial charge in [0.05, 0.1) is 25.4 Å². The van der Waals surface area contributed by atoms with Crippen LogP contribution in [-0.4, -0.2) is 71.6 Å². The number of carbonyl (C=O) groups is 1. The quantitative estimate of drug-likeness (QED) is 0.398. The van der Waals surface area contributed by atoms with Gasteiger partial charge in [0, 0.05) is 42.8 Å². The van der Waals surface area contributed by atoms with E-state index >= 15 is 0 Å². The Morgan fingerprint density at radius 3 is 2.47 bits per heavy atom. The van der Waals surface area contributed by atoms with Crippen molar-refractivity contribution >= 4 is 11.7 Å². The van der Waals surface area contributed by atoms with E-state index in [9.17, 15) is 23.8 Å². The number of hydrogen-bond donors (Lipinski definition) is 3. The minimum absolute atomic E-state index is 0.0115. The summed E-state index contributed by atoms with van der Waals surface area (Å²) in [6.07, 6.45) is -5.79. The number of ether oxygens (including phenoxy) is 5. The summed E-state index contributed by atoms with van der Waals surface area (Å²) >= 11 is 0. The lowest BCUT2D eigenvalue weighted by Gasteiger charge is -2.34. The molecule has 12 nitrogen and oxygen atoms in total. The first-order valence-electron chi connectivity index (χ1n) is 13.7. The van der Waals surface area contributed by atoms with Gasteiger partial charge in [0.15, 0.2) is 17.3 Å². The van der Waals surface area contributed by atoms with E-state index in [0.717, 1.165) is 5.56 Å². The zero-order valence-corrected chi connectivity index (χ0v) is 23.1. The van der Waals surface area contributed by atoms with Crippen LogP contribution in [-0.2, 0) is 10.2 Å². The molecule has 4 aliphatic heterocycles. The van der Waals surface area contributed by atoms with Crippen LogP contribution in [0.1, 0.15) is 42.3 Å². The van der Waals surface area contributed by atoms with Crippen LogP contribution in [0.5, 0.6) is 28.7 Å². The van der Waals surface area contributed by atoms with Gasteiger partial charge in [0.1, 0.15) is 41.1 Å². The van der Waals surface area contributed by atoms with E-state index in [1.54, 1.807) is 36.1 Å². The zero-order valence-electron chi connectivity index (χ0n) is 23.1. The van der Waals surface area contributed by atoms with Crippen LogP contribution >= 0.6 is 0 Å². The molecule has 7 rings (SSSR count). The highest BCUT2D eigenvalue weighted by Crippen LogP contribution is 2.50. The molecule has 0 unspecified atom stereocenters. The molecule has 4 aliphatic rings. The molecule has 5 heterocycles. The van der Waals surface area contributed by atoms with E-state index in [0.29, 0.717) is 35.0 Å². The lowest BCUT2D eigenvalue weighted by atomic mass is 9.82. The number of methoxy groups -OCH3 is 1. The molecule has 0 aliphatic carbocycles. The summed E-state index contributed by atoms with van der Waals surface area (Å²) in [4.78, 5) is 15.6. The molecule has 226 valence electrons. The highest BCUT2D eigenvalue weighted by Gasteiger charge is 2.49. The average molecular weight is 599 g/mol. The molecule has 1 aromatic heterocycles. The second-order valence-corrected chi connectivity index (χ2v) is 11.2.